The molecule has 0 aliphatic heterocycles. The van der Waals surface area contributed by atoms with E-state index in [0.717, 1.165) is 37.7 Å². The molecular weight excluding hydrogens is 210 g/mol. The average Bonchev–Trinajstić information content (AvgIpc) is 2.32. The zero-order valence-corrected chi connectivity index (χ0v) is 11.2. The van der Waals surface area contributed by atoms with Gasteiger partial charge in [-0.15, -0.1) is 6.58 Å². The van der Waals surface area contributed by atoms with Gasteiger partial charge >= 0.3 is 0 Å². The van der Waals surface area contributed by atoms with Crippen molar-refractivity contribution in [2.45, 2.75) is 27.3 Å². The van der Waals surface area contributed by atoms with Crippen LogP contribution in [0.1, 0.15) is 25.1 Å². The molecule has 1 N–H and O–H groups in total. The Kier molecular flexibility index (Phi) is 5.70. The third kappa shape index (κ3) is 4.19. The normalized spacial score (nSPS) is 10.3. The third-order valence-corrected chi connectivity index (χ3v) is 2.63. The van der Waals surface area contributed by atoms with Crippen LogP contribution in [0.2, 0.25) is 0 Å². The molecule has 0 aliphatic rings. The predicted molar refractivity (Wildman–Crippen MR) is 74.4 cm³/mol. The number of aryl methyl sites for hydroxylation is 1. The van der Waals surface area contributed by atoms with E-state index in [0.29, 0.717) is 0 Å². The average molecular weight is 233 g/mol. The second-order valence-corrected chi connectivity index (χ2v) is 4.08. The lowest BCUT2D eigenvalue weighted by Gasteiger charge is -2.21. The first-order valence-corrected chi connectivity index (χ1v) is 6.25. The molecule has 0 amide bonds. The maximum atomic E-state index is 4.58. The van der Waals surface area contributed by atoms with Crippen molar-refractivity contribution in [2.24, 2.45) is 0 Å². The maximum absolute atomic E-state index is 4.58. The summed E-state index contributed by atoms with van der Waals surface area (Å²) in [6.07, 6.45) is 1.91. The van der Waals surface area contributed by atoms with Crippen molar-refractivity contribution in [3.8, 4) is 0 Å². The Labute approximate surface area is 105 Å². The predicted octanol–water partition coefficient (Wildman–Crippen LogP) is 2.51. The standard InChI is InChI=1S/C14H23N3/c1-5-8-17(7-3)14-10-13(11-15-6-2)9-12(4)16-14/h5,9-10,15H,1,6-8,11H2,2-4H3. The number of hydrogen-bond donors (Lipinski definition) is 1. The summed E-state index contributed by atoms with van der Waals surface area (Å²) < 4.78 is 0. The highest BCUT2D eigenvalue weighted by Gasteiger charge is 2.06. The number of hydrogen-bond acceptors (Lipinski definition) is 3. The van der Waals surface area contributed by atoms with Gasteiger partial charge in [-0.05, 0) is 38.1 Å². The van der Waals surface area contributed by atoms with E-state index < -0.39 is 0 Å². The number of nitrogens with zero attached hydrogens (tertiary/aromatic N) is 2. The maximum Gasteiger partial charge on any atom is 0.129 e. The van der Waals surface area contributed by atoms with Gasteiger partial charge in [0.1, 0.15) is 5.82 Å². The van der Waals surface area contributed by atoms with E-state index in [1.165, 1.54) is 5.56 Å². The minimum atomic E-state index is 0.841. The van der Waals surface area contributed by atoms with Crippen molar-refractivity contribution in [3.05, 3.63) is 36.0 Å². The number of aromatic nitrogens is 1. The van der Waals surface area contributed by atoms with E-state index >= 15 is 0 Å². The Morgan fingerprint density at radius 3 is 2.76 bits per heavy atom. The van der Waals surface area contributed by atoms with Gasteiger partial charge in [-0.2, -0.15) is 0 Å². The third-order valence-electron chi connectivity index (χ3n) is 2.63. The fraction of sp³-hybridized carbons (Fsp3) is 0.500. The molecule has 1 rings (SSSR count). The Morgan fingerprint density at radius 2 is 2.18 bits per heavy atom. The Balaban J connectivity index is 2.90. The first-order valence-electron chi connectivity index (χ1n) is 6.25. The van der Waals surface area contributed by atoms with Gasteiger partial charge in [0.2, 0.25) is 0 Å². The highest BCUT2D eigenvalue weighted by molar-refractivity contribution is 5.43. The molecule has 0 saturated carbocycles. The lowest BCUT2D eigenvalue weighted by molar-refractivity contribution is 0.724. The largest absolute Gasteiger partial charge is 0.353 e. The molecule has 0 saturated heterocycles. The monoisotopic (exact) mass is 233 g/mol. The van der Waals surface area contributed by atoms with Gasteiger partial charge in [0.25, 0.3) is 0 Å². The second-order valence-electron chi connectivity index (χ2n) is 4.08. The van der Waals surface area contributed by atoms with Gasteiger partial charge < -0.3 is 10.2 Å². The SMILES string of the molecule is C=CCN(CC)c1cc(CNCC)cc(C)n1. The summed E-state index contributed by atoms with van der Waals surface area (Å²) >= 11 is 0. The molecule has 0 atom stereocenters. The molecule has 94 valence electrons. The summed E-state index contributed by atoms with van der Waals surface area (Å²) in [5.74, 6) is 1.04. The lowest BCUT2D eigenvalue weighted by Crippen LogP contribution is -2.24. The first kappa shape index (κ1) is 13.7. The molecule has 1 heterocycles. The number of anilines is 1. The van der Waals surface area contributed by atoms with Crippen LogP contribution >= 0.6 is 0 Å². The minimum Gasteiger partial charge on any atom is -0.353 e. The van der Waals surface area contributed by atoms with Crippen molar-refractivity contribution in [1.82, 2.24) is 10.3 Å². The van der Waals surface area contributed by atoms with Crippen molar-refractivity contribution in [3.63, 3.8) is 0 Å². The van der Waals surface area contributed by atoms with Crippen LogP contribution in [0.15, 0.2) is 24.8 Å². The van der Waals surface area contributed by atoms with Crippen LogP contribution in [-0.4, -0.2) is 24.6 Å². The van der Waals surface area contributed by atoms with Gasteiger partial charge in [0, 0.05) is 25.3 Å². The van der Waals surface area contributed by atoms with Crippen molar-refractivity contribution in [1.29, 1.82) is 0 Å². The molecule has 0 radical (unpaired) electrons. The molecule has 3 heteroatoms. The van der Waals surface area contributed by atoms with Gasteiger partial charge in [-0.25, -0.2) is 4.98 Å². The van der Waals surface area contributed by atoms with Crippen LogP contribution < -0.4 is 10.2 Å². The number of pyridine rings is 1. The van der Waals surface area contributed by atoms with E-state index in [1.54, 1.807) is 0 Å². The van der Waals surface area contributed by atoms with Crippen molar-refractivity contribution in [2.75, 3.05) is 24.5 Å². The smallest absolute Gasteiger partial charge is 0.129 e. The summed E-state index contributed by atoms with van der Waals surface area (Å²) in [7, 11) is 0. The van der Waals surface area contributed by atoms with Crippen molar-refractivity contribution >= 4 is 5.82 Å². The fourth-order valence-electron chi connectivity index (χ4n) is 1.79. The minimum absolute atomic E-state index is 0.841. The van der Waals surface area contributed by atoms with Crippen LogP contribution in [0.3, 0.4) is 0 Å². The molecule has 0 spiro atoms. The number of likely N-dealkylation sites (N-methyl/N-ethyl adjacent to an activating group) is 1. The molecule has 1 aromatic rings. The van der Waals surface area contributed by atoms with E-state index in [9.17, 15) is 0 Å². The first-order chi connectivity index (χ1) is 8.21. The molecule has 3 nitrogen and oxygen atoms in total. The van der Waals surface area contributed by atoms with Gasteiger partial charge in [-0.1, -0.05) is 13.0 Å². The molecule has 0 aliphatic carbocycles. The zero-order valence-electron chi connectivity index (χ0n) is 11.2. The highest BCUT2D eigenvalue weighted by Crippen LogP contribution is 2.14. The summed E-state index contributed by atoms with van der Waals surface area (Å²) in [4.78, 5) is 6.80. The van der Waals surface area contributed by atoms with Gasteiger partial charge in [0.05, 0.1) is 0 Å². The molecule has 17 heavy (non-hydrogen) atoms. The van der Waals surface area contributed by atoms with Crippen LogP contribution in [0.4, 0.5) is 5.82 Å². The second kappa shape index (κ2) is 7.07. The van der Waals surface area contributed by atoms with E-state index in [2.05, 4.69) is 47.8 Å². The summed E-state index contributed by atoms with van der Waals surface area (Å²) in [6, 6.07) is 4.29. The molecule has 1 aromatic heterocycles. The van der Waals surface area contributed by atoms with Crippen LogP contribution in [0.5, 0.6) is 0 Å². The molecule has 0 bridgehead atoms. The highest BCUT2D eigenvalue weighted by atomic mass is 15.2. The molecular formula is C14H23N3. The Bertz CT molecular complexity index is 360. The summed E-state index contributed by atoms with van der Waals surface area (Å²) in [5, 5.41) is 3.34. The van der Waals surface area contributed by atoms with Gasteiger partial charge in [-0.3, -0.25) is 0 Å². The fourth-order valence-corrected chi connectivity index (χ4v) is 1.79. The van der Waals surface area contributed by atoms with E-state index in [-0.39, 0.29) is 0 Å². The van der Waals surface area contributed by atoms with Crippen LogP contribution in [0, 0.1) is 6.92 Å². The van der Waals surface area contributed by atoms with Gasteiger partial charge in [0.15, 0.2) is 0 Å². The zero-order chi connectivity index (χ0) is 12.7. The Morgan fingerprint density at radius 1 is 1.41 bits per heavy atom. The molecule has 0 unspecified atom stereocenters. The topological polar surface area (TPSA) is 28.2 Å². The van der Waals surface area contributed by atoms with E-state index in [4.69, 9.17) is 0 Å². The molecule has 0 fully saturated rings. The Hall–Kier alpha value is -1.35. The number of rotatable bonds is 7. The van der Waals surface area contributed by atoms with Crippen LogP contribution in [0.25, 0.3) is 0 Å². The summed E-state index contributed by atoms with van der Waals surface area (Å²) in [5.41, 5.74) is 2.36. The molecule has 0 aromatic carbocycles. The quantitative estimate of drug-likeness (QED) is 0.733. The van der Waals surface area contributed by atoms with Crippen molar-refractivity contribution < 1.29 is 0 Å². The number of nitrogens with one attached hydrogen (secondary N) is 1. The van der Waals surface area contributed by atoms with Crippen LogP contribution in [-0.2, 0) is 6.54 Å². The van der Waals surface area contributed by atoms with E-state index in [1.807, 2.05) is 13.0 Å². The lowest BCUT2D eigenvalue weighted by atomic mass is 10.2. The summed E-state index contributed by atoms with van der Waals surface area (Å²) in [6.45, 7) is 13.8.